The number of likely N-dealkylation sites (tertiary alicyclic amines) is 1. The Hall–Kier alpha value is -2.11. The summed E-state index contributed by atoms with van der Waals surface area (Å²) in [5, 5.41) is 0. The van der Waals surface area contributed by atoms with Crippen molar-refractivity contribution in [2.45, 2.75) is 45.3 Å². The smallest absolute Gasteiger partial charge is 0.410 e. The number of hydrogen-bond acceptors (Lipinski definition) is 5. The van der Waals surface area contributed by atoms with Gasteiger partial charge in [0.25, 0.3) is 0 Å². The fourth-order valence-corrected chi connectivity index (χ4v) is 2.61. The van der Waals surface area contributed by atoms with Crippen LogP contribution in [0.1, 0.15) is 33.6 Å². The zero-order chi connectivity index (χ0) is 17.7. The Bertz CT molecular complexity index is 567. The van der Waals surface area contributed by atoms with E-state index in [0.717, 1.165) is 12.8 Å². The van der Waals surface area contributed by atoms with Crippen LogP contribution >= 0.6 is 0 Å². The van der Waals surface area contributed by atoms with E-state index < -0.39 is 5.60 Å². The van der Waals surface area contributed by atoms with Crippen molar-refractivity contribution in [1.82, 2.24) is 4.90 Å². The molecule has 1 unspecified atom stereocenters. The molecule has 1 aromatic carbocycles. The Morgan fingerprint density at radius 1 is 1.17 bits per heavy atom. The van der Waals surface area contributed by atoms with Crippen LogP contribution in [-0.4, -0.2) is 50.0 Å². The summed E-state index contributed by atoms with van der Waals surface area (Å²) >= 11 is 0. The maximum absolute atomic E-state index is 12.2. The fourth-order valence-electron chi connectivity index (χ4n) is 2.61. The number of rotatable bonds is 4. The van der Waals surface area contributed by atoms with Crippen LogP contribution in [0.25, 0.3) is 0 Å². The minimum atomic E-state index is -0.492. The zero-order valence-electron chi connectivity index (χ0n) is 15.1. The van der Waals surface area contributed by atoms with Gasteiger partial charge in [-0.3, -0.25) is 0 Å². The normalized spacial score (nSPS) is 18.0. The monoisotopic (exact) mass is 337 g/mol. The molecule has 134 valence electrons. The Balaban J connectivity index is 1.99. The van der Waals surface area contributed by atoms with Gasteiger partial charge in [-0.05, 0) is 45.7 Å². The number of ether oxygens (including phenoxy) is 4. The third-order valence-electron chi connectivity index (χ3n) is 3.69. The Morgan fingerprint density at radius 3 is 2.50 bits per heavy atom. The van der Waals surface area contributed by atoms with Crippen molar-refractivity contribution in [1.29, 1.82) is 0 Å². The predicted octanol–water partition coefficient (Wildman–Crippen LogP) is 3.48. The first kappa shape index (κ1) is 18.2. The summed E-state index contributed by atoms with van der Waals surface area (Å²) in [6.45, 7) is 6.81. The van der Waals surface area contributed by atoms with E-state index >= 15 is 0 Å². The first-order valence-corrected chi connectivity index (χ1v) is 8.19. The number of benzene rings is 1. The summed E-state index contributed by atoms with van der Waals surface area (Å²) in [6.07, 6.45) is 1.43. The molecule has 0 spiro atoms. The first-order valence-electron chi connectivity index (χ1n) is 8.19. The molecule has 0 N–H and O–H groups in total. The molecular weight excluding hydrogens is 310 g/mol. The number of hydrogen-bond donors (Lipinski definition) is 0. The summed E-state index contributed by atoms with van der Waals surface area (Å²) in [5.41, 5.74) is -0.492. The number of carbonyl (C=O) groups is 1. The van der Waals surface area contributed by atoms with Crippen molar-refractivity contribution in [3.8, 4) is 17.2 Å². The lowest BCUT2D eigenvalue weighted by Gasteiger charge is -2.34. The van der Waals surface area contributed by atoms with Gasteiger partial charge in [0, 0.05) is 12.6 Å². The Kier molecular flexibility index (Phi) is 5.80. The quantitative estimate of drug-likeness (QED) is 0.842. The molecule has 1 amide bonds. The molecular formula is C18H27NO5. The number of nitrogens with zero attached hydrogens (tertiary/aromatic N) is 1. The summed E-state index contributed by atoms with van der Waals surface area (Å²) in [7, 11) is 3.19. The SMILES string of the molecule is COc1ccc(OC2CCCN(C(=O)OC(C)(C)C)C2)cc1OC. The molecule has 1 fully saturated rings. The maximum Gasteiger partial charge on any atom is 0.410 e. The molecule has 24 heavy (non-hydrogen) atoms. The van der Waals surface area contributed by atoms with Gasteiger partial charge in [0.2, 0.25) is 0 Å². The van der Waals surface area contributed by atoms with Crippen LogP contribution < -0.4 is 14.2 Å². The third kappa shape index (κ3) is 4.94. The van der Waals surface area contributed by atoms with Crippen molar-refractivity contribution in [2.24, 2.45) is 0 Å². The number of piperidine rings is 1. The minimum absolute atomic E-state index is 0.0654. The van der Waals surface area contributed by atoms with Crippen molar-refractivity contribution in [3.63, 3.8) is 0 Å². The molecule has 2 rings (SSSR count). The molecule has 1 aliphatic rings. The lowest BCUT2D eigenvalue weighted by Crippen LogP contribution is -2.46. The Labute approximate surface area is 143 Å². The molecule has 0 saturated carbocycles. The highest BCUT2D eigenvalue weighted by molar-refractivity contribution is 5.68. The van der Waals surface area contributed by atoms with Gasteiger partial charge < -0.3 is 23.8 Å². The largest absolute Gasteiger partial charge is 0.493 e. The fraction of sp³-hybridized carbons (Fsp3) is 0.611. The highest BCUT2D eigenvalue weighted by atomic mass is 16.6. The zero-order valence-corrected chi connectivity index (χ0v) is 15.1. The topological polar surface area (TPSA) is 57.2 Å². The Morgan fingerprint density at radius 2 is 1.88 bits per heavy atom. The van der Waals surface area contributed by atoms with E-state index in [1.165, 1.54) is 0 Å². The second-order valence-corrected chi connectivity index (χ2v) is 6.83. The van der Waals surface area contributed by atoms with Crippen molar-refractivity contribution < 1.29 is 23.7 Å². The van der Waals surface area contributed by atoms with Gasteiger partial charge >= 0.3 is 6.09 Å². The van der Waals surface area contributed by atoms with E-state index in [4.69, 9.17) is 18.9 Å². The molecule has 0 aromatic heterocycles. The van der Waals surface area contributed by atoms with Crippen LogP contribution in [0, 0.1) is 0 Å². The van der Waals surface area contributed by atoms with E-state index in [-0.39, 0.29) is 12.2 Å². The second-order valence-electron chi connectivity index (χ2n) is 6.83. The van der Waals surface area contributed by atoms with Gasteiger partial charge in [-0.2, -0.15) is 0 Å². The van der Waals surface area contributed by atoms with Gasteiger partial charge in [0.1, 0.15) is 17.5 Å². The number of methoxy groups -OCH3 is 2. The predicted molar refractivity (Wildman–Crippen MR) is 91.0 cm³/mol. The van der Waals surface area contributed by atoms with Gasteiger partial charge in [0.05, 0.1) is 20.8 Å². The van der Waals surface area contributed by atoms with Crippen LogP contribution in [0.2, 0.25) is 0 Å². The van der Waals surface area contributed by atoms with Gasteiger partial charge in [0.15, 0.2) is 11.5 Å². The lowest BCUT2D eigenvalue weighted by molar-refractivity contribution is 0.00773. The van der Waals surface area contributed by atoms with Crippen molar-refractivity contribution >= 4 is 6.09 Å². The van der Waals surface area contributed by atoms with Crippen LogP contribution in [0.4, 0.5) is 4.79 Å². The molecule has 0 radical (unpaired) electrons. The minimum Gasteiger partial charge on any atom is -0.493 e. The average molecular weight is 337 g/mol. The van der Waals surface area contributed by atoms with Crippen LogP contribution in [0.5, 0.6) is 17.2 Å². The highest BCUT2D eigenvalue weighted by Gasteiger charge is 2.28. The molecule has 1 aromatic rings. The van der Waals surface area contributed by atoms with Crippen LogP contribution in [0.3, 0.4) is 0 Å². The highest BCUT2D eigenvalue weighted by Crippen LogP contribution is 2.32. The molecule has 0 bridgehead atoms. The second kappa shape index (κ2) is 7.64. The molecule has 1 saturated heterocycles. The van der Waals surface area contributed by atoms with E-state index in [9.17, 15) is 4.79 Å². The summed E-state index contributed by atoms with van der Waals surface area (Å²) in [6, 6.07) is 5.45. The van der Waals surface area contributed by atoms with Crippen molar-refractivity contribution in [3.05, 3.63) is 18.2 Å². The van der Waals surface area contributed by atoms with Crippen molar-refractivity contribution in [2.75, 3.05) is 27.3 Å². The van der Waals surface area contributed by atoms with Gasteiger partial charge in [-0.25, -0.2) is 4.79 Å². The average Bonchev–Trinajstić information content (AvgIpc) is 2.53. The van der Waals surface area contributed by atoms with E-state index in [2.05, 4.69) is 0 Å². The third-order valence-corrected chi connectivity index (χ3v) is 3.69. The van der Waals surface area contributed by atoms with E-state index in [1.54, 1.807) is 25.2 Å². The standard InChI is InChI=1S/C18H27NO5/c1-18(2,3)24-17(20)19-10-6-7-14(12-19)23-13-8-9-15(21-4)16(11-13)22-5/h8-9,11,14H,6-7,10,12H2,1-5H3. The molecule has 6 heteroatoms. The lowest BCUT2D eigenvalue weighted by atomic mass is 10.1. The summed E-state index contributed by atoms with van der Waals surface area (Å²) in [4.78, 5) is 13.9. The molecule has 1 atom stereocenters. The summed E-state index contributed by atoms with van der Waals surface area (Å²) < 4.78 is 22.0. The first-order chi connectivity index (χ1) is 11.3. The summed E-state index contributed by atoms with van der Waals surface area (Å²) in [5.74, 6) is 1.97. The molecule has 6 nitrogen and oxygen atoms in total. The van der Waals surface area contributed by atoms with Gasteiger partial charge in [-0.15, -0.1) is 0 Å². The van der Waals surface area contributed by atoms with E-state index in [0.29, 0.717) is 30.3 Å². The van der Waals surface area contributed by atoms with Crippen LogP contribution in [0.15, 0.2) is 18.2 Å². The van der Waals surface area contributed by atoms with Crippen LogP contribution in [-0.2, 0) is 4.74 Å². The maximum atomic E-state index is 12.2. The number of amides is 1. The van der Waals surface area contributed by atoms with E-state index in [1.807, 2.05) is 32.9 Å². The van der Waals surface area contributed by atoms with Gasteiger partial charge in [-0.1, -0.05) is 0 Å². The molecule has 0 aliphatic carbocycles. The molecule has 1 aliphatic heterocycles. The molecule has 1 heterocycles. The number of carbonyl (C=O) groups excluding carboxylic acids is 1.